The molecule has 1 aliphatic heterocycles. The van der Waals surface area contributed by atoms with Crippen molar-refractivity contribution in [3.05, 3.63) is 16.8 Å². The van der Waals surface area contributed by atoms with Crippen LogP contribution in [0.4, 0.5) is 5.95 Å². The van der Waals surface area contributed by atoms with Crippen LogP contribution < -0.4 is 11.4 Å². The average molecular weight is 290 g/mol. The Morgan fingerprint density at radius 1 is 1.68 bits per heavy atom. The van der Waals surface area contributed by atoms with Crippen molar-refractivity contribution in [2.45, 2.75) is 19.6 Å². The molecule has 1 aromatic rings. The molecule has 0 aliphatic carbocycles. The molecule has 0 radical (unpaired) electrons. The molecule has 1 saturated heterocycles. The smallest absolute Gasteiger partial charge is 0.356 e. The first kappa shape index (κ1) is 14.1. The Balaban J connectivity index is 1.96. The molecule has 0 aromatic carbocycles. The molecule has 2 atom stereocenters. The second-order valence-corrected chi connectivity index (χ2v) is 5.89. The molecule has 2 heterocycles. The van der Waals surface area contributed by atoms with Gasteiger partial charge in [0, 0.05) is 0 Å². The standard InChI is InChI=1S/C9H15N4O5P/c1-2-17-19(15)6-16-7(4-18-19)3-13-5-11-8(10)12-9(13)14/h5,7H,2-4,6H2,1H3,(H2,10,12,14)/t7-,19?/m0/s1. The van der Waals surface area contributed by atoms with Crippen molar-refractivity contribution in [1.82, 2.24) is 14.5 Å². The Morgan fingerprint density at radius 3 is 3.05 bits per heavy atom. The summed E-state index contributed by atoms with van der Waals surface area (Å²) < 4.78 is 28.7. The monoisotopic (exact) mass is 290 g/mol. The summed E-state index contributed by atoms with van der Waals surface area (Å²) in [5.74, 6) is -0.0806. The van der Waals surface area contributed by atoms with Crippen LogP contribution in [-0.2, 0) is 24.9 Å². The highest BCUT2D eigenvalue weighted by molar-refractivity contribution is 7.53. The van der Waals surface area contributed by atoms with E-state index >= 15 is 0 Å². The van der Waals surface area contributed by atoms with Crippen LogP contribution in [0.15, 0.2) is 11.1 Å². The van der Waals surface area contributed by atoms with Gasteiger partial charge in [0.15, 0.2) is 0 Å². The molecule has 1 fully saturated rings. The Morgan fingerprint density at radius 2 is 2.47 bits per heavy atom. The zero-order valence-electron chi connectivity index (χ0n) is 10.4. The molecule has 2 rings (SSSR count). The summed E-state index contributed by atoms with van der Waals surface area (Å²) in [6.45, 7) is 2.29. The minimum Gasteiger partial charge on any atom is -0.368 e. The fourth-order valence-electron chi connectivity index (χ4n) is 1.57. The van der Waals surface area contributed by atoms with Gasteiger partial charge < -0.3 is 19.5 Å². The van der Waals surface area contributed by atoms with Gasteiger partial charge in [-0.2, -0.15) is 4.98 Å². The number of hydrogen-bond acceptors (Lipinski definition) is 8. The van der Waals surface area contributed by atoms with E-state index in [1.807, 2.05) is 0 Å². The minimum atomic E-state index is -3.14. The number of hydrogen-bond donors (Lipinski definition) is 1. The lowest BCUT2D eigenvalue weighted by Gasteiger charge is -2.28. The van der Waals surface area contributed by atoms with Crippen LogP contribution in [0.2, 0.25) is 0 Å². The number of aromatic nitrogens is 3. The lowest BCUT2D eigenvalue weighted by molar-refractivity contribution is -0.0139. The summed E-state index contributed by atoms with van der Waals surface area (Å²) >= 11 is 0. The Bertz CT molecular complexity index is 536. The van der Waals surface area contributed by atoms with E-state index in [2.05, 4.69) is 9.97 Å². The second kappa shape index (κ2) is 5.79. The van der Waals surface area contributed by atoms with Gasteiger partial charge in [-0.15, -0.1) is 0 Å². The number of nitrogens with two attached hydrogens (primary N) is 1. The molecule has 0 amide bonds. The van der Waals surface area contributed by atoms with Crippen molar-refractivity contribution in [2.75, 3.05) is 25.3 Å². The summed E-state index contributed by atoms with van der Waals surface area (Å²) in [5, 5.41) is 0. The summed E-state index contributed by atoms with van der Waals surface area (Å²) in [6, 6.07) is 0. The highest BCUT2D eigenvalue weighted by Gasteiger charge is 2.33. The molecule has 1 aliphatic rings. The van der Waals surface area contributed by atoms with E-state index in [0.29, 0.717) is 0 Å². The van der Waals surface area contributed by atoms with Crippen molar-refractivity contribution in [2.24, 2.45) is 0 Å². The van der Waals surface area contributed by atoms with E-state index in [0.717, 1.165) is 0 Å². The van der Waals surface area contributed by atoms with Gasteiger partial charge in [-0.1, -0.05) is 0 Å². The molecule has 2 N–H and O–H groups in total. The SMILES string of the molecule is CCOP1(=O)CO[C@@H](Cn2cnc(N)nc2=O)CO1. The van der Waals surface area contributed by atoms with E-state index < -0.39 is 19.4 Å². The van der Waals surface area contributed by atoms with Crippen molar-refractivity contribution < 1.29 is 18.3 Å². The normalized spacial score (nSPS) is 27.3. The predicted octanol–water partition coefficient (Wildman–Crippen LogP) is -0.177. The Hall–Kier alpha value is -1.28. The van der Waals surface area contributed by atoms with Crippen LogP contribution >= 0.6 is 7.60 Å². The third-order valence-corrected chi connectivity index (χ3v) is 4.10. The zero-order valence-corrected chi connectivity index (χ0v) is 11.3. The van der Waals surface area contributed by atoms with Gasteiger partial charge in [-0.3, -0.25) is 9.13 Å². The van der Waals surface area contributed by atoms with Crippen LogP contribution in [0, 0.1) is 0 Å². The van der Waals surface area contributed by atoms with Gasteiger partial charge in [0.05, 0.1) is 19.8 Å². The lowest BCUT2D eigenvalue weighted by atomic mass is 10.4. The first-order chi connectivity index (χ1) is 9.02. The Labute approximate surface area is 109 Å². The van der Waals surface area contributed by atoms with Crippen LogP contribution in [0.1, 0.15) is 6.92 Å². The van der Waals surface area contributed by atoms with E-state index in [9.17, 15) is 9.36 Å². The number of anilines is 1. The number of nitrogen functional groups attached to an aromatic ring is 1. The van der Waals surface area contributed by atoms with E-state index in [4.69, 9.17) is 19.5 Å². The van der Waals surface area contributed by atoms with Crippen molar-refractivity contribution >= 4 is 13.5 Å². The molecule has 0 spiro atoms. The number of rotatable bonds is 4. The summed E-state index contributed by atoms with van der Waals surface area (Å²) in [6.07, 6.45) is 0.744. The predicted molar refractivity (Wildman–Crippen MR) is 65.6 cm³/mol. The molecule has 1 aromatic heterocycles. The summed E-state index contributed by atoms with van der Waals surface area (Å²) in [7, 11) is -3.14. The van der Waals surface area contributed by atoms with E-state index in [1.165, 1.54) is 10.9 Å². The van der Waals surface area contributed by atoms with Crippen molar-refractivity contribution in [1.29, 1.82) is 0 Å². The topological polar surface area (TPSA) is 119 Å². The quantitative estimate of drug-likeness (QED) is 0.759. The largest absolute Gasteiger partial charge is 0.368 e. The average Bonchev–Trinajstić information content (AvgIpc) is 2.36. The fourth-order valence-corrected chi connectivity index (χ4v) is 2.97. The first-order valence-corrected chi connectivity index (χ1v) is 7.44. The van der Waals surface area contributed by atoms with Crippen molar-refractivity contribution in [3.8, 4) is 0 Å². The van der Waals surface area contributed by atoms with Gasteiger partial charge in [-0.05, 0) is 6.92 Å². The maximum absolute atomic E-state index is 11.9. The van der Waals surface area contributed by atoms with Crippen LogP contribution in [0.5, 0.6) is 0 Å². The van der Waals surface area contributed by atoms with Gasteiger partial charge in [0.1, 0.15) is 18.8 Å². The molecule has 10 heteroatoms. The van der Waals surface area contributed by atoms with Gasteiger partial charge in [0.25, 0.3) is 0 Å². The molecule has 9 nitrogen and oxygen atoms in total. The summed E-state index contributed by atoms with van der Waals surface area (Å²) in [4.78, 5) is 18.7. The van der Waals surface area contributed by atoms with Crippen molar-refractivity contribution in [3.63, 3.8) is 0 Å². The molecular formula is C9H15N4O5P. The van der Waals surface area contributed by atoms with E-state index in [-0.39, 0.29) is 32.1 Å². The molecule has 0 saturated carbocycles. The maximum atomic E-state index is 11.9. The van der Waals surface area contributed by atoms with Gasteiger partial charge >= 0.3 is 13.3 Å². The highest BCUT2D eigenvalue weighted by atomic mass is 31.2. The number of ether oxygens (including phenoxy) is 1. The summed E-state index contributed by atoms with van der Waals surface area (Å²) in [5.41, 5.74) is 4.77. The Kier molecular flexibility index (Phi) is 4.31. The first-order valence-electron chi connectivity index (χ1n) is 5.71. The lowest BCUT2D eigenvalue weighted by Crippen LogP contribution is -2.35. The fraction of sp³-hybridized carbons (Fsp3) is 0.667. The molecule has 106 valence electrons. The maximum Gasteiger partial charge on any atom is 0.356 e. The van der Waals surface area contributed by atoms with Crippen LogP contribution in [-0.4, -0.2) is 40.2 Å². The highest BCUT2D eigenvalue weighted by Crippen LogP contribution is 2.50. The molecule has 1 unspecified atom stereocenters. The molecular weight excluding hydrogens is 275 g/mol. The minimum absolute atomic E-state index is 0.0775. The van der Waals surface area contributed by atoms with Gasteiger partial charge in [-0.25, -0.2) is 9.78 Å². The van der Waals surface area contributed by atoms with Crippen LogP contribution in [0.25, 0.3) is 0 Å². The third-order valence-electron chi connectivity index (χ3n) is 2.44. The molecule has 19 heavy (non-hydrogen) atoms. The second-order valence-electron chi connectivity index (χ2n) is 3.89. The zero-order chi connectivity index (χ0) is 13.9. The molecule has 0 bridgehead atoms. The number of nitrogens with zero attached hydrogens (tertiary/aromatic N) is 3. The van der Waals surface area contributed by atoms with Gasteiger partial charge in [0.2, 0.25) is 5.95 Å². The van der Waals surface area contributed by atoms with Crippen LogP contribution in [0.3, 0.4) is 0 Å². The third kappa shape index (κ3) is 3.60. The van der Waals surface area contributed by atoms with E-state index in [1.54, 1.807) is 6.92 Å².